The average Bonchev–Trinajstić information content (AvgIpc) is 3.59. The van der Waals surface area contributed by atoms with Gasteiger partial charge in [0.2, 0.25) is 0 Å². The first-order valence-electron chi connectivity index (χ1n) is 21.8. The second-order valence-electron chi connectivity index (χ2n) is 19.8. The predicted molar refractivity (Wildman–Crippen MR) is 218 cm³/mol. The zero-order valence-electron chi connectivity index (χ0n) is 33.8. The molecule has 7 unspecified atom stereocenters. The van der Waals surface area contributed by atoms with Gasteiger partial charge in [-0.15, -0.1) is 0 Å². The van der Waals surface area contributed by atoms with Crippen LogP contribution in [0.4, 0.5) is 0 Å². The standard InChI is InChI=1S/C47H70N2O3S/c1-33-37(35-13-15-36(16-14-35)42(50)52-32-34-10-7-6-8-11-34)19-22-43(2)38(33)20-23-45(4)41(43)18-17-39-40-12-9-21-47(40,25-24-44(39,45)3)48-29-26-46(51)27-30-49(53-5)31-28-46/h6-8,10-11,13,19,33,36,38-41,48,51H,9,12,14-18,20-32H2,1-5H3/t33?,36?,38?,39?,40-,41?,43+,44-,45?,47?/m1/s1. The molecule has 5 fully saturated rings. The van der Waals surface area contributed by atoms with E-state index in [4.69, 9.17) is 4.74 Å². The van der Waals surface area contributed by atoms with Crippen molar-refractivity contribution in [3.8, 4) is 0 Å². The summed E-state index contributed by atoms with van der Waals surface area (Å²) in [6.45, 7) is 14.1. The maximum atomic E-state index is 13.0. The van der Waals surface area contributed by atoms with E-state index in [2.05, 4.69) is 55.7 Å². The van der Waals surface area contributed by atoms with Crippen LogP contribution in [0.3, 0.4) is 0 Å². The van der Waals surface area contributed by atoms with Crippen LogP contribution in [0, 0.1) is 51.8 Å². The lowest BCUT2D eigenvalue weighted by molar-refractivity contribution is -0.212. The Balaban J connectivity index is 0.924. The minimum atomic E-state index is -0.495. The Morgan fingerprint density at radius 1 is 0.906 bits per heavy atom. The van der Waals surface area contributed by atoms with Crippen molar-refractivity contribution in [2.75, 3.05) is 25.9 Å². The van der Waals surface area contributed by atoms with E-state index in [1.54, 1.807) is 5.57 Å². The lowest BCUT2D eigenvalue weighted by atomic mass is 9.34. The highest BCUT2D eigenvalue weighted by Gasteiger charge is 2.68. The molecule has 1 aliphatic heterocycles. The van der Waals surface area contributed by atoms with Gasteiger partial charge in [0.1, 0.15) is 6.61 Å². The second-order valence-corrected chi connectivity index (χ2v) is 20.7. The molecule has 10 atom stereocenters. The second kappa shape index (κ2) is 14.7. The third-order valence-corrected chi connectivity index (χ3v) is 18.8. The number of rotatable bonds is 9. The zero-order chi connectivity index (χ0) is 37.1. The van der Waals surface area contributed by atoms with Crippen molar-refractivity contribution < 1.29 is 14.6 Å². The minimum absolute atomic E-state index is 0.0163. The van der Waals surface area contributed by atoms with Gasteiger partial charge in [-0.3, -0.25) is 9.10 Å². The maximum absolute atomic E-state index is 13.0. The van der Waals surface area contributed by atoms with Crippen molar-refractivity contribution in [2.24, 2.45) is 51.8 Å². The van der Waals surface area contributed by atoms with Crippen LogP contribution in [0.15, 0.2) is 53.6 Å². The normalized spacial score (nSPS) is 42.3. The van der Waals surface area contributed by atoms with Crippen molar-refractivity contribution in [1.29, 1.82) is 0 Å². The van der Waals surface area contributed by atoms with Crippen molar-refractivity contribution in [3.05, 3.63) is 59.2 Å². The van der Waals surface area contributed by atoms with Gasteiger partial charge in [-0.2, -0.15) is 0 Å². The highest BCUT2D eigenvalue weighted by molar-refractivity contribution is 7.96. The number of hydrogen-bond acceptors (Lipinski definition) is 6. The van der Waals surface area contributed by atoms with Crippen molar-refractivity contribution in [1.82, 2.24) is 9.62 Å². The summed E-state index contributed by atoms with van der Waals surface area (Å²) in [4.78, 5) is 13.0. The molecular weight excluding hydrogens is 673 g/mol. The Labute approximate surface area is 326 Å². The topological polar surface area (TPSA) is 61.8 Å². The van der Waals surface area contributed by atoms with Gasteiger partial charge in [-0.25, -0.2) is 0 Å². The first-order chi connectivity index (χ1) is 25.4. The molecular formula is C47H70N2O3S. The van der Waals surface area contributed by atoms with E-state index in [9.17, 15) is 9.90 Å². The van der Waals surface area contributed by atoms with Gasteiger partial charge in [0, 0.05) is 18.6 Å². The van der Waals surface area contributed by atoms with Crippen LogP contribution in [0.5, 0.6) is 0 Å². The number of hydrogen-bond donors (Lipinski definition) is 2. The van der Waals surface area contributed by atoms with Crippen LogP contribution in [-0.2, 0) is 16.1 Å². The van der Waals surface area contributed by atoms with E-state index in [1.165, 1.54) is 69.8 Å². The summed E-state index contributed by atoms with van der Waals surface area (Å²) in [6, 6.07) is 10.0. The molecule has 0 bridgehead atoms. The monoisotopic (exact) mass is 743 g/mol. The lowest BCUT2D eigenvalue weighted by Gasteiger charge is -2.71. The van der Waals surface area contributed by atoms with E-state index in [0.29, 0.717) is 28.8 Å². The number of fused-ring (bicyclic) bond motifs is 7. The average molecular weight is 743 g/mol. The maximum Gasteiger partial charge on any atom is 0.309 e. The van der Waals surface area contributed by atoms with E-state index in [0.717, 1.165) is 87.4 Å². The molecule has 0 spiro atoms. The van der Waals surface area contributed by atoms with Gasteiger partial charge in [0.15, 0.2) is 0 Å². The van der Waals surface area contributed by atoms with Crippen molar-refractivity contribution in [2.45, 2.75) is 148 Å². The van der Waals surface area contributed by atoms with Crippen LogP contribution in [-0.4, -0.2) is 52.4 Å². The highest BCUT2D eigenvalue weighted by atomic mass is 32.2. The van der Waals surface area contributed by atoms with E-state index in [1.807, 2.05) is 42.3 Å². The molecule has 0 radical (unpaired) electrons. The first-order valence-corrected chi connectivity index (χ1v) is 23.0. The quantitative estimate of drug-likeness (QED) is 0.194. The number of nitrogens with zero attached hydrogens (tertiary/aromatic N) is 1. The largest absolute Gasteiger partial charge is 0.461 e. The molecule has 8 rings (SSSR count). The van der Waals surface area contributed by atoms with Crippen LogP contribution >= 0.6 is 11.9 Å². The van der Waals surface area contributed by atoms with Crippen LogP contribution in [0.25, 0.3) is 0 Å². The summed E-state index contributed by atoms with van der Waals surface area (Å²) < 4.78 is 8.14. The SMILES string of the molecule is CSN1CCC(O)(CCNC23CCC[C@@H]2C2CCC4C(C)(CCC5C(C)C(C6=CCC(C(=O)OCc7ccccc7)CC6)=CC[C@@]54C)[C@]2(C)CC3)CC1. The van der Waals surface area contributed by atoms with Crippen LogP contribution < -0.4 is 5.32 Å². The van der Waals surface area contributed by atoms with Crippen molar-refractivity contribution in [3.63, 3.8) is 0 Å². The van der Waals surface area contributed by atoms with Gasteiger partial charge < -0.3 is 15.2 Å². The summed E-state index contributed by atoms with van der Waals surface area (Å²) in [5.41, 5.74) is 5.11. The molecule has 292 valence electrons. The molecule has 0 aromatic heterocycles. The number of aliphatic hydroxyl groups is 1. The molecule has 1 aromatic rings. The summed E-state index contributed by atoms with van der Waals surface area (Å²) in [5.74, 6) is 3.64. The summed E-state index contributed by atoms with van der Waals surface area (Å²) >= 11 is 1.82. The first kappa shape index (κ1) is 38.3. The summed E-state index contributed by atoms with van der Waals surface area (Å²) in [6.07, 6.45) is 26.2. The Kier molecular flexibility index (Phi) is 10.6. The van der Waals surface area contributed by atoms with E-state index in [-0.39, 0.29) is 17.4 Å². The molecule has 1 aromatic carbocycles. The zero-order valence-corrected chi connectivity index (χ0v) is 34.6. The number of ether oxygens (including phenoxy) is 1. The van der Waals surface area contributed by atoms with Gasteiger partial charge in [-0.1, -0.05) is 88.5 Å². The Bertz CT molecular complexity index is 1550. The van der Waals surface area contributed by atoms with E-state index < -0.39 is 5.60 Å². The third kappa shape index (κ3) is 6.63. The molecule has 1 heterocycles. The molecule has 5 nitrogen and oxygen atoms in total. The van der Waals surface area contributed by atoms with E-state index >= 15 is 0 Å². The van der Waals surface area contributed by atoms with Crippen molar-refractivity contribution >= 4 is 17.9 Å². The minimum Gasteiger partial charge on any atom is -0.461 e. The number of piperidine rings is 1. The highest BCUT2D eigenvalue weighted by Crippen LogP contribution is 2.75. The lowest BCUT2D eigenvalue weighted by Crippen LogP contribution is -2.67. The molecule has 7 aliphatic rings. The summed E-state index contributed by atoms with van der Waals surface area (Å²) in [5, 5.41) is 15.7. The molecule has 2 N–H and O–H groups in total. The molecule has 6 heteroatoms. The molecule has 53 heavy (non-hydrogen) atoms. The molecule has 6 aliphatic carbocycles. The number of allylic oxidation sites excluding steroid dienone is 4. The number of nitrogens with one attached hydrogen (secondary N) is 1. The Morgan fingerprint density at radius 3 is 2.43 bits per heavy atom. The number of carbonyl (C=O) groups excluding carboxylic acids is 1. The van der Waals surface area contributed by atoms with Gasteiger partial charge in [-0.05, 0) is 172 Å². The summed E-state index contributed by atoms with van der Waals surface area (Å²) in [7, 11) is 0. The Morgan fingerprint density at radius 2 is 1.70 bits per heavy atom. The fourth-order valence-corrected chi connectivity index (χ4v) is 15.1. The molecule has 4 saturated carbocycles. The number of esters is 1. The predicted octanol–water partition coefficient (Wildman–Crippen LogP) is 10.3. The van der Waals surface area contributed by atoms with Crippen LogP contribution in [0.2, 0.25) is 0 Å². The number of benzene rings is 1. The Hall–Kier alpha value is -1.60. The third-order valence-electron chi connectivity index (χ3n) is 17.9. The molecule has 1 saturated heterocycles. The van der Waals surface area contributed by atoms with Gasteiger partial charge in [0.05, 0.1) is 11.5 Å². The smallest absolute Gasteiger partial charge is 0.309 e. The fraction of sp³-hybridized carbons (Fsp3) is 0.766. The van der Waals surface area contributed by atoms with Crippen LogP contribution in [0.1, 0.15) is 136 Å². The number of carbonyl (C=O) groups is 1. The molecule has 0 amide bonds. The van der Waals surface area contributed by atoms with Gasteiger partial charge >= 0.3 is 5.97 Å². The fourth-order valence-electron chi connectivity index (χ4n) is 14.6. The van der Waals surface area contributed by atoms with Gasteiger partial charge in [0.25, 0.3) is 0 Å².